The summed E-state index contributed by atoms with van der Waals surface area (Å²) < 4.78 is 11.4. The maximum absolute atomic E-state index is 12.2. The van der Waals surface area contributed by atoms with Gasteiger partial charge in [0, 0.05) is 36.4 Å². The van der Waals surface area contributed by atoms with E-state index in [9.17, 15) is 14.4 Å². The van der Waals surface area contributed by atoms with Gasteiger partial charge in [0.25, 0.3) is 0 Å². The molecular weight excluding hydrogens is 474 g/mol. The molecule has 4 aliphatic rings. The molecule has 10 nitrogen and oxygen atoms in total. The molecule has 0 unspecified atom stereocenters. The van der Waals surface area contributed by atoms with Gasteiger partial charge in [-0.1, -0.05) is 6.07 Å². The van der Waals surface area contributed by atoms with E-state index in [2.05, 4.69) is 51.2 Å². The number of ether oxygens (including phenoxy) is 2. The van der Waals surface area contributed by atoms with Gasteiger partial charge in [0.2, 0.25) is 0 Å². The van der Waals surface area contributed by atoms with Gasteiger partial charge >= 0.3 is 17.9 Å². The van der Waals surface area contributed by atoms with Crippen LogP contribution < -0.4 is 21.0 Å². The summed E-state index contributed by atoms with van der Waals surface area (Å²) in [5.74, 6) is -0.758. The van der Waals surface area contributed by atoms with Crippen LogP contribution in [0.1, 0.15) is 63.0 Å². The quantitative estimate of drug-likeness (QED) is 0.504. The molecule has 0 bridgehead atoms. The number of carbonyl (C=O) groups is 3. The van der Waals surface area contributed by atoms with Crippen molar-refractivity contribution in [3.63, 3.8) is 0 Å². The molecule has 37 heavy (non-hydrogen) atoms. The van der Waals surface area contributed by atoms with Crippen molar-refractivity contribution in [2.75, 3.05) is 31.2 Å². The lowest BCUT2D eigenvalue weighted by molar-refractivity contribution is -0.139. The molecular formula is C27H37N5O5. The van der Waals surface area contributed by atoms with E-state index < -0.39 is 23.5 Å². The van der Waals surface area contributed by atoms with Crippen molar-refractivity contribution in [3.8, 4) is 0 Å². The summed E-state index contributed by atoms with van der Waals surface area (Å²) in [4.78, 5) is 38.7. The van der Waals surface area contributed by atoms with Crippen molar-refractivity contribution >= 4 is 29.3 Å². The van der Waals surface area contributed by atoms with E-state index in [-0.39, 0.29) is 12.1 Å². The molecule has 1 aromatic carbocycles. The van der Waals surface area contributed by atoms with Crippen LogP contribution in [0.15, 0.2) is 23.3 Å². The van der Waals surface area contributed by atoms with Crippen molar-refractivity contribution in [1.29, 1.82) is 0 Å². The second kappa shape index (κ2) is 10.7. The number of hydrogen-bond acceptors (Lipinski definition) is 7. The van der Waals surface area contributed by atoms with E-state index in [1.165, 1.54) is 0 Å². The maximum atomic E-state index is 12.2. The first kappa shape index (κ1) is 25.5. The van der Waals surface area contributed by atoms with Crippen LogP contribution >= 0.6 is 0 Å². The molecule has 3 fully saturated rings. The number of hydrogen-bond donors (Lipinski definition) is 3. The first-order valence-electron chi connectivity index (χ1n) is 13.5. The Balaban J connectivity index is 1.22. The van der Waals surface area contributed by atoms with Crippen LogP contribution in [0.3, 0.4) is 0 Å². The number of nitrogens with zero attached hydrogens (tertiary/aromatic N) is 2. The number of rotatable bonds is 6. The number of carbonyl (C=O) groups excluding carboxylic acids is 3. The number of hydrazone groups is 1. The number of nitrogens with one attached hydrogen (secondary N) is 3. The Labute approximate surface area is 217 Å². The van der Waals surface area contributed by atoms with Crippen molar-refractivity contribution in [3.05, 3.63) is 29.3 Å². The predicted octanol–water partition coefficient (Wildman–Crippen LogP) is 2.38. The highest BCUT2D eigenvalue weighted by atomic mass is 16.6. The van der Waals surface area contributed by atoms with Crippen LogP contribution in [0.5, 0.6) is 0 Å². The van der Waals surface area contributed by atoms with Gasteiger partial charge in [-0.25, -0.2) is 10.2 Å². The summed E-state index contributed by atoms with van der Waals surface area (Å²) in [7, 11) is 0. The standard InChI is InChI=1S/C27H37N5O5/c1-17-15-21(32-11-13-36-14-12-32)5-6-22(17)23-27(37-26(35)31-30-23)9-7-19(8-10-27)16-18(2)28-24(33)25(34)29-20-3-4-20/h5-6,15,18-20H,3-4,7-14,16H2,1-2H3,(H,28,33)(H,29,34)(H,31,35)/t18-,19?,27?/m0/s1. The van der Waals surface area contributed by atoms with Crippen LogP contribution in [0.2, 0.25) is 0 Å². The van der Waals surface area contributed by atoms with Gasteiger partial charge in [0.1, 0.15) is 5.71 Å². The third-order valence-electron chi connectivity index (χ3n) is 7.92. The third kappa shape index (κ3) is 5.89. The van der Waals surface area contributed by atoms with Gasteiger partial charge in [0.15, 0.2) is 5.60 Å². The van der Waals surface area contributed by atoms with E-state index in [1.54, 1.807) is 0 Å². The summed E-state index contributed by atoms with van der Waals surface area (Å²) in [5.41, 5.74) is 5.75. The number of morpholine rings is 1. The number of benzene rings is 1. The van der Waals surface area contributed by atoms with Crippen molar-refractivity contribution in [1.82, 2.24) is 16.1 Å². The lowest BCUT2D eigenvalue weighted by Crippen LogP contribution is -2.53. The number of aryl methyl sites for hydroxylation is 1. The summed E-state index contributed by atoms with van der Waals surface area (Å²) in [5, 5.41) is 10.0. The third-order valence-corrected chi connectivity index (χ3v) is 7.92. The Morgan fingerprint density at radius 1 is 1.16 bits per heavy atom. The van der Waals surface area contributed by atoms with Gasteiger partial charge in [-0.15, -0.1) is 0 Å². The van der Waals surface area contributed by atoms with Crippen LogP contribution in [-0.4, -0.2) is 67.6 Å². The molecule has 1 atom stereocenters. The Morgan fingerprint density at radius 3 is 2.57 bits per heavy atom. The van der Waals surface area contributed by atoms with Crippen LogP contribution in [0.25, 0.3) is 0 Å². The largest absolute Gasteiger partial charge is 0.435 e. The molecule has 2 heterocycles. The van der Waals surface area contributed by atoms with E-state index in [0.717, 1.165) is 80.9 Å². The zero-order chi connectivity index (χ0) is 26.0. The Morgan fingerprint density at radius 2 is 1.89 bits per heavy atom. The fraction of sp³-hybridized carbons (Fsp3) is 0.630. The van der Waals surface area contributed by atoms with Gasteiger partial charge in [-0.05, 0) is 82.4 Å². The van der Waals surface area contributed by atoms with E-state index in [1.807, 2.05) is 6.92 Å². The zero-order valence-electron chi connectivity index (χ0n) is 21.7. The minimum atomic E-state index is -0.763. The topological polar surface area (TPSA) is 121 Å². The van der Waals surface area contributed by atoms with Crippen LogP contribution in [0, 0.1) is 12.8 Å². The second-order valence-electron chi connectivity index (χ2n) is 10.9. The van der Waals surface area contributed by atoms with Crippen molar-refractivity contribution in [2.24, 2.45) is 11.0 Å². The van der Waals surface area contributed by atoms with Gasteiger partial charge in [-0.2, -0.15) is 5.10 Å². The molecule has 5 rings (SSSR count). The zero-order valence-corrected chi connectivity index (χ0v) is 21.7. The Bertz CT molecular complexity index is 1070. The minimum Gasteiger partial charge on any atom is -0.435 e. The van der Waals surface area contributed by atoms with E-state index in [0.29, 0.717) is 18.8 Å². The monoisotopic (exact) mass is 511 g/mol. The number of anilines is 1. The highest BCUT2D eigenvalue weighted by Gasteiger charge is 2.46. The molecule has 1 spiro atoms. The molecule has 2 saturated carbocycles. The van der Waals surface area contributed by atoms with Crippen molar-refractivity contribution < 1.29 is 23.9 Å². The Hall–Kier alpha value is -3.14. The molecule has 1 aromatic rings. The van der Waals surface area contributed by atoms with Crippen LogP contribution in [0.4, 0.5) is 10.5 Å². The summed E-state index contributed by atoms with van der Waals surface area (Å²) >= 11 is 0. The molecule has 1 saturated heterocycles. The van der Waals surface area contributed by atoms with E-state index in [4.69, 9.17) is 9.47 Å². The van der Waals surface area contributed by atoms with Crippen LogP contribution in [-0.2, 0) is 19.1 Å². The lowest BCUT2D eigenvalue weighted by Gasteiger charge is -2.42. The smallest absolute Gasteiger partial charge is 0.428 e. The van der Waals surface area contributed by atoms with Gasteiger partial charge in [-0.3, -0.25) is 9.59 Å². The molecule has 2 aliphatic heterocycles. The minimum absolute atomic E-state index is 0.116. The highest BCUT2D eigenvalue weighted by molar-refractivity contribution is 6.35. The maximum Gasteiger partial charge on any atom is 0.428 e. The lowest BCUT2D eigenvalue weighted by atomic mass is 9.72. The second-order valence-corrected chi connectivity index (χ2v) is 10.9. The first-order chi connectivity index (χ1) is 17.8. The average Bonchev–Trinajstić information content (AvgIpc) is 3.70. The molecule has 3 amide bonds. The fourth-order valence-corrected chi connectivity index (χ4v) is 5.73. The summed E-state index contributed by atoms with van der Waals surface area (Å²) in [6, 6.07) is 6.40. The summed E-state index contributed by atoms with van der Waals surface area (Å²) in [6.45, 7) is 7.20. The molecule has 0 aromatic heterocycles. The molecule has 10 heteroatoms. The molecule has 3 N–H and O–H groups in total. The SMILES string of the molecule is Cc1cc(N2CCOCC2)ccc1C1=NNC(=O)OC12CCC(C[C@H](C)NC(=O)C(=O)NC1CC1)CC2. The van der Waals surface area contributed by atoms with Gasteiger partial charge < -0.3 is 25.0 Å². The average molecular weight is 512 g/mol. The highest BCUT2D eigenvalue weighted by Crippen LogP contribution is 2.41. The fourth-order valence-electron chi connectivity index (χ4n) is 5.73. The van der Waals surface area contributed by atoms with Crippen molar-refractivity contribution in [2.45, 2.75) is 76.5 Å². The van der Waals surface area contributed by atoms with E-state index >= 15 is 0 Å². The molecule has 200 valence electrons. The molecule has 2 aliphatic carbocycles. The molecule has 0 radical (unpaired) electrons. The Kier molecular flexibility index (Phi) is 7.37. The predicted molar refractivity (Wildman–Crippen MR) is 138 cm³/mol. The van der Waals surface area contributed by atoms with Gasteiger partial charge in [0.05, 0.1) is 13.2 Å². The summed E-state index contributed by atoms with van der Waals surface area (Å²) in [6.07, 6.45) is 5.14. The number of amides is 3. The normalized spacial score (nSPS) is 26.5. The first-order valence-corrected chi connectivity index (χ1v) is 13.5.